The number of hydrogen-bond donors (Lipinski definition) is 0. The second kappa shape index (κ2) is 15.8. The highest BCUT2D eigenvalue weighted by Crippen LogP contribution is 2.62. The normalized spacial score (nSPS) is 18.8. The number of rotatable bonds is 4. The number of hydrogen-bond acceptors (Lipinski definition) is 5. The Balaban J connectivity index is 1.13. The minimum Gasteiger partial charge on any atom is -0.456 e. The molecule has 4 aliphatic rings. The van der Waals surface area contributed by atoms with Crippen LogP contribution in [-0.4, -0.2) is 12.3 Å². The van der Waals surface area contributed by atoms with Gasteiger partial charge in [0.25, 0.3) is 6.71 Å². The van der Waals surface area contributed by atoms with Crippen LogP contribution in [0.5, 0.6) is 0 Å². The van der Waals surface area contributed by atoms with E-state index in [9.17, 15) is 0 Å². The van der Waals surface area contributed by atoms with Crippen molar-refractivity contribution in [2.24, 2.45) is 0 Å². The summed E-state index contributed by atoms with van der Waals surface area (Å²) >= 11 is 0. The Labute approximate surface area is 446 Å². The van der Waals surface area contributed by atoms with Gasteiger partial charge in [0, 0.05) is 61.3 Å². The third-order valence-electron chi connectivity index (χ3n) is 18.5. The fourth-order valence-corrected chi connectivity index (χ4v) is 14.4. The number of furan rings is 2. The Kier molecular flexibility index (Phi) is 9.45. The van der Waals surface area contributed by atoms with Crippen LogP contribution in [0.25, 0.3) is 55.0 Å². The molecule has 1 saturated carbocycles. The van der Waals surface area contributed by atoms with Crippen LogP contribution < -0.4 is 31.1 Å². The van der Waals surface area contributed by atoms with E-state index in [0.29, 0.717) is 0 Å². The van der Waals surface area contributed by atoms with E-state index in [1.54, 1.807) is 0 Å². The van der Waals surface area contributed by atoms with E-state index in [2.05, 4.69) is 252 Å². The molecule has 0 radical (unpaired) electrons. The fraction of sp³-hybridized carbons (Fsp3) is 0.229. The summed E-state index contributed by atoms with van der Waals surface area (Å²) in [5.74, 6) is 0. The van der Waals surface area contributed by atoms with Crippen LogP contribution in [0.15, 0.2) is 191 Å². The van der Waals surface area contributed by atoms with Crippen molar-refractivity contribution >= 4 is 112 Å². The van der Waals surface area contributed by atoms with Crippen LogP contribution in [0.3, 0.4) is 0 Å². The molecule has 76 heavy (non-hydrogen) atoms. The molecule has 2 unspecified atom stereocenters. The van der Waals surface area contributed by atoms with Crippen molar-refractivity contribution in [3.63, 3.8) is 0 Å². The van der Waals surface area contributed by atoms with E-state index >= 15 is 0 Å². The van der Waals surface area contributed by atoms with Crippen LogP contribution in [0.4, 0.5) is 45.5 Å². The molecule has 1 aliphatic carbocycles. The van der Waals surface area contributed by atoms with Crippen LogP contribution in [0, 0.1) is 0 Å². The summed E-state index contributed by atoms with van der Waals surface area (Å²) in [5.41, 5.74) is 22.8. The van der Waals surface area contributed by atoms with Gasteiger partial charge in [-0.05, 0) is 142 Å². The van der Waals surface area contributed by atoms with E-state index < -0.39 is 0 Å². The lowest BCUT2D eigenvalue weighted by Crippen LogP contribution is -2.61. The van der Waals surface area contributed by atoms with Crippen molar-refractivity contribution in [1.82, 2.24) is 0 Å². The van der Waals surface area contributed by atoms with Gasteiger partial charge >= 0.3 is 0 Å². The van der Waals surface area contributed by atoms with Gasteiger partial charge in [-0.2, -0.15) is 0 Å². The Bertz CT molecular complexity index is 4230. The Morgan fingerprint density at radius 2 is 1.04 bits per heavy atom. The van der Waals surface area contributed by atoms with Gasteiger partial charge in [-0.25, -0.2) is 0 Å². The zero-order chi connectivity index (χ0) is 51.6. The molecule has 6 heteroatoms. The van der Waals surface area contributed by atoms with Gasteiger partial charge in [0.1, 0.15) is 22.3 Å². The third-order valence-corrected chi connectivity index (χ3v) is 18.5. The standard InChI is InChI=1S/C70H62BN3O2/c1-67(2,3)44-31-33-54(49(37-44)43-21-10-9-11-22-43)72-58-41-50-47-23-12-16-28-61(47)76-64(50)42-53(58)71-52-38-45(68(4,5)6)32-34-56(52)73(57-27-20-30-63-65(57)48-24-13-17-29-62(48)75-63)60-40-46(39-59(72)66(60)71)74-55-26-15-14-25-51(55)69(7)35-18-19-36-70(69,74)8/h9-17,20-34,37-42H,18-19,35-36H2,1-8H3. The SMILES string of the molecule is CC(C)(C)c1ccc2c(c1)B1c3cc4oc5ccccc5c4cc3N(c3ccc(C(C)(C)C)cc3-c3ccccc3)c3cc(N4c5ccccc5C5(C)CCCCC45C)cc(c31)N2c1cccc2oc3ccccc3c12. The largest absolute Gasteiger partial charge is 0.456 e. The van der Waals surface area contributed by atoms with Crippen LogP contribution >= 0.6 is 0 Å². The molecular formula is C70H62BN3O2. The molecule has 1 fully saturated rings. The van der Waals surface area contributed by atoms with Gasteiger partial charge in [-0.3, -0.25) is 0 Å². The number of anilines is 8. The minimum atomic E-state index is -0.183. The number of benzene rings is 9. The van der Waals surface area contributed by atoms with E-state index in [1.807, 2.05) is 0 Å². The average molecular weight is 988 g/mol. The van der Waals surface area contributed by atoms with Crippen LogP contribution in [0.2, 0.25) is 0 Å². The second-order valence-electron chi connectivity index (χ2n) is 24.8. The van der Waals surface area contributed by atoms with Crippen LogP contribution in [-0.2, 0) is 16.2 Å². The average Bonchev–Trinajstić information content (AvgIpc) is 4.22. The molecule has 372 valence electrons. The maximum atomic E-state index is 6.92. The molecule has 0 amide bonds. The molecule has 0 saturated heterocycles. The molecule has 0 bridgehead atoms. The lowest BCUT2D eigenvalue weighted by atomic mass is 9.33. The fourth-order valence-electron chi connectivity index (χ4n) is 14.4. The zero-order valence-electron chi connectivity index (χ0n) is 44.9. The predicted molar refractivity (Wildman–Crippen MR) is 321 cm³/mol. The minimum absolute atomic E-state index is 0.0437. The summed E-state index contributed by atoms with van der Waals surface area (Å²) < 4.78 is 13.7. The molecule has 0 spiro atoms. The van der Waals surface area contributed by atoms with Crippen molar-refractivity contribution in [2.75, 3.05) is 14.7 Å². The Morgan fingerprint density at radius 1 is 0.447 bits per heavy atom. The highest BCUT2D eigenvalue weighted by Gasteiger charge is 2.58. The van der Waals surface area contributed by atoms with Gasteiger partial charge in [0.05, 0.1) is 22.3 Å². The smallest absolute Gasteiger partial charge is 0.252 e. The summed E-state index contributed by atoms with van der Waals surface area (Å²) in [6.45, 7) is 19.0. The first kappa shape index (κ1) is 45.4. The molecule has 11 aromatic rings. The number of nitrogens with zero attached hydrogens (tertiary/aromatic N) is 3. The molecule has 5 nitrogen and oxygen atoms in total. The predicted octanol–water partition coefficient (Wildman–Crippen LogP) is 17.6. The van der Waals surface area contributed by atoms with Crippen molar-refractivity contribution < 1.29 is 8.83 Å². The maximum Gasteiger partial charge on any atom is 0.252 e. The van der Waals surface area contributed by atoms with E-state index in [4.69, 9.17) is 8.83 Å². The number of para-hydroxylation sites is 3. The lowest BCUT2D eigenvalue weighted by Gasteiger charge is -2.51. The third kappa shape index (κ3) is 6.27. The van der Waals surface area contributed by atoms with Crippen molar-refractivity contribution in [3.05, 3.63) is 199 Å². The monoisotopic (exact) mass is 987 g/mol. The van der Waals surface area contributed by atoms with Gasteiger partial charge in [-0.1, -0.05) is 171 Å². The molecule has 5 heterocycles. The Morgan fingerprint density at radius 3 is 1.80 bits per heavy atom. The first-order valence-corrected chi connectivity index (χ1v) is 27.6. The summed E-state index contributed by atoms with van der Waals surface area (Å²) in [7, 11) is 0. The van der Waals surface area contributed by atoms with Gasteiger partial charge in [0.2, 0.25) is 0 Å². The summed E-state index contributed by atoms with van der Waals surface area (Å²) in [4.78, 5) is 8.04. The Hall–Kier alpha value is -7.96. The topological polar surface area (TPSA) is 36.0 Å². The molecule has 9 aromatic carbocycles. The van der Waals surface area contributed by atoms with E-state index in [0.717, 1.165) is 68.1 Å². The van der Waals surface area contributed by atoms with Crippen molar-refractivity contribution in [3.8, 4) is 11.1 Å². The summed E-state index contributed by atoms with van der Waals surface area (Å²) in [5, 5.41) is 4.46. The molecule has 3 aliphatic heterocycles. The van der Waals surface area contributed by atoms with E-state index in [-0.39, 0.29) is 28.5 Å². The summed E-state index contributed by atoms with van der Waals surface area (Å²) in [6, 6.07) is 68.7. The lowest BCUT2D eigenvalue weighted by molar-refractivity contribution is 0.195. The number of fused-ring (bicyclic) bond motifs is 13. The van der Waals surface area contributed by atoms with Gasteiger partial charge in [0.15, 0.2) is 0 Å². The highest BCUT2D eigenvalue weighted by molar-refractivity contribution is 7.00. The van der Waals surface area contributed by atoms with Crippen LogP contribution in [0.1, 0.15) is 97.8 Å². The van der Waals surface area contributed by atoms with Gasteiger partial charge < -0.3 is 23.5 Å². The zero-order valence-corrected chi connectivity index (χ0v) is 44.9. The van der Waals surface area contributed by atoms with E-state index in [1.165, 1.54) is 91.2 Å². The van der Waals surface area contributed by atoms with Crippen molar-refractivity contribution in [2.45, 2.75) is 103 Å². The maximum absolute atomic E-state index is 6.92. The van der Waals surface area contributed by atoms with Crippen molar-refractivity contribution in [1.29, 1.82) is 0 Å². The molecular weight excluding hydrogens is 926 g/mol. The quantitative estimate of drug-likeness (QED) is 0.164. The second-order valence-corrected chi connectivity index (χ2v) is 24.8. The first-order valence-electron chi connectivity index (χ1n) is 27.6. The molecule has 2 atom stereocenters. The molecule has 2 aromatic heterocycles. The summed E-state index contributed by atoms with van der Waals surface area (Å²) in [6.07, 6.45) is 4.66. The molecule has 0 N–H and O–H groups in total. The van der Waals surface area contributed by atoms with Gasteiger partial charge in [-0.15, -0.1) is 0 Å². The highest BCUT2D eigenvalue weighted by atomic mass is 16.3. The molecule has 15 rings (SSSR count). The first-order chi connectivity index (χ1) is 36.7.